The summed E-state index contributed by atoms with van der Waals surface area (Å²) in [7, 11) is 0. The van der Waals surface area contributed by atoms with E-state index >= 15 is 0 Å². The maximum Gasteiger partial charge on any atom is 0.410 e. The van der Waals surface area contributed by atoms with Crippen LogP contribution < -0.4 is 4.90 Å². The molecule has 1 aliphatic heterocycles. The lowest BCUT2D eigenvalue weighted by Crippen LogP contribution is -2.49. The first kappa shape index (κ1) is 28.5. The fourth-order valence-electron chi connectivity index (χ4n) is 5.10. The Balaban J connectivity index is 1.22. The number of imidazole rings is 1. The molecule has 0 saturated carbocycles. The lowest BCUT2D eigenvalue weighted by molar-refractivity contribution is 0.0139. The minimum absolute atomic E-state index is 0.234. The summed E-state index contributed by atoms with van der Waals surface area (Å²) in [5.41, 5.74) is 5.49. The number of ether oxygens (including phenoxy) is 1. The van der Waals surface area contributed by atoms with Gasteiger partial charge >= 0.3 is 6.09 Å². The standard InChI is InChI=1S/C31H40N8O2/c1-6-38(7-2)29-19-26(33-21-34-29)23-8-9-25-27(17-23)36-28(35-25)18-24-16-22(10-11-32-24)20-37-12-14-39(15-13-37)30(40)41-31(3,4)5/h8-11,16-17,19,21H,6-7,12-15,18,20H2,1-5H3,(H,35,36). The third kappa shape index (κ3) is 7.18. The van der Waals surface area contributed by atoms with Crippen molar-refractivity contribution in [1.82, 2.24) is 34.7 Å². The maximum atomic E-state index is 12.4. The van der Waals surface area contributed by atoms with Crippen molar-refractivity contribution in [3.05, 3.63) is 66.0 Å². The van der Waals surface area contributed by atoms with E-state index in [1.54, 1.807) is 11.2 Å². The SMILES string of the molecule is CCN(CC)c1cc(-c2ccc3nc(Cc4cc(CN5CCN(C(=O)OC(C)(C)C)CC5)ccn4)[nH]c3c2)ncn1. The average molecular weight is 557 g/mol. The highest BCUT2D eigenvalue weighted by Crippen LogP contribution is 2.25. The highest BCUT2D eigenvalue weighted by molar-refractivity contribution is 5.81. The Bertz CT molecular complexity index is 1480. The number of rotatable bonds is 8. The van der Waals surface area contributed by atoms with Gasteiger partial charge in [-0.3, -0.25) is 9.88 Å². The van der Waals surface area contributed by atoms with Gasteiger partial charge in [-0.2, -0.15) is 0 Å². The smallest absolute Gasteiger partial charge is 0.410 e. The lowest BCUT2D eigenvalue weighted by atomic mass is 10.1. The van der Waals surface area contributed by atoms with Crippen LogP contribution >= 0.6 is 0 Å². The van der Waals surface area contributed by atoms with Crippen LogP contribution in [-0.2, 0) is 17.7 Å². The zero-order valence-electron chi connectivity index (χ0n) is 24.7. The molecule has 0 aliphatic carbocycles. The molecule has 1 amide bonds. The molecular formula is C31H40N8O2. The van der Waals surface area contributed by atoms with E-state index in [2.05, 4.69) is 67.8 Å². The zero-order valence-corrected chi connectivity index (χ0v) is 24.7. The molecule has 0 radical (unpaired) electrons. The van der Waals surface area contributed by atoms with E-state index < -0.39 is 5.60 Å². The number of carbonyl (C=O) groups excluding carboxylic acids is 1. The molecule has 0 atom stereocenters. The lowest BCUT2D eigenvalue weighted by Gasteiger charge is -2.35. The summed E-state index contributed by atoms with van der Waals surface area (Å²) < 4.78 is 5.52. The number of carbonyl (C=O) groups is 1. The zero-order chi connectivity index (χ0) is 29.0. The summed E-state index contributed by atoms with van der Waals surface area (Å²) in [6.45, 7) is 15.5. The fourth-order valence-corrected chi connectivity index (χ4v) is 5.10. The van der Waals surface area contributed by atoms with Gasteiger partial charge in [0.2, 0.25) is 0 Å². The Morgan fingerprint density at radius 2 is 1.78 bits per heavy atom. The number of pyridine rings is 1. The van der Waals surface area contributed by atoms with Gasteiger partial charge in [0, 0.05) is 75.8 Å². The van der Waals surface area contributed by atoms with E-state index in [1.165, 1.54) is 5.56 Å². The Hall–Kier alpha value is -4.05. The highest BCUT2D eigenvalue weighted by atomic mass is 16.6. The topological polar surface area (TPSA) is 103 Å². The van der Waals surface area contributed by atoms with E-state index in [1.807, 2.05) is 39.1 Å². The van der Waals surface area contributed by atoms with E-state index in [4.69, 9.17) is 9.72 Å². The van der Waals surface area contributed by atoms with Crippen LogP contribution in [0.2, 0.25) is 0 Å². The monoisotopic (exact) mass is 556 g/mol. The number of benzene rings is 1. The third-order valence-electron chi connectivity index (χ3n) is 7.23. The molecule has 0 spiro atoms. The van der Waals surface area contributed by atoms with E-state index in [-0.39, 0.29) is 6.09 Å². The number of hydrogen-bond donors (Lipinski definition) is 1. The van der Waals surface area contributed by atoms with Gasteiger partial charge in [0.25, 0.3) is 0 Å². The van der Waals surface area contributed by atoms with E-state index in [9.17, 15) is 4.79 Å². The molecule has 10 nitrogen and oxygen atoms in total. The summed E-state index contributed by atoms with van der Waals surface area (Å²) in [5, 5.41) is 0. The van der Waals surface area contributed by atoms with Gasteiger partial charge in [-0.05, 0) is 64.4 Å². The summed E-state index contributed by atoms with van der Waals surface area (Å²) in [4.78, 5) is 40.6. The molecule has 10 heteroatoms. The van der Waals surface area contributed by atoms with Crippen molar-refractivity contribution in [2.45, 2.75) is 53.2 Å². The van der Waals surface area contributed by atoms with Crippen molar-refractivity contribution in [3.8, 4) is 11.3 Å². The van der Waals surface area contributed by atoms with Crippen LogP contribution in [0.5, 0.6) is 0 Å². The molecule has 1 N–H and O–H groups in total. The summed E-state index contributed by atoms with van der Waals surface area (Å²) in [5.74, 6) is 1.81. The quantitative estimate of drug-likeness (QED) is 0.327. The molecule has 3 aromatic heterocycles. The van der Waals surface area contributed by atoms with Gasteiger partial charge in [0.15, 0.2) is 0 Å². The number of H-pyrrole nitrogens is 1. The average Bonchev–Trinajstić information content (AvgIpc) is 3.35. The highest BCUT2D eigenvalue weighted by Gasteiger charge is 2.26. The molecule has 1 aliphatic rings. The fraction of sp³-hybridized carbons (Fsp3) is 0.452. The normalized spacial score (nSPS) is 14.4. The van der Waals surface area contributed by atoms with Crippen molar-refractivity contribution >= 4 is 22.9 Å². The maximum absolute atomic E-state index is 12.4. The molecule has 4 heterocycles. The van der Waals surface area contributed by atoms with Crippen LogP contribution in [0.3, 0.4) is 0 Å². The predicted octanol–water partition coefficient (Wildman–Crippen LogP) is 4.90. The molecule has 0 bridgehead atoms. The first-order chi connectivity index (χ1) is 19.7. The minimum Gasteiger partial charge on any atom is -0.444 e. The molecule has 1 saturated heterocycles. The van der Waals surface area contributed by atoms with Crippen LogP contribution in [0.4, 0.5) is 10.6 Å². The molecule has 216 valence electrons. The van der Waals surface area contributed by atoms with Gasteiger partial charge in [-0.25, -0.2) is 19.7 Å². The molecule has 1 aromatic carbocycles. The Morgan fingerprint density at radius 1 is 1.00 bits per heavy atom. The number of nitrogens with one attached hydrogen (secondary N) is 1. The predicted molar refractivity (Wildman–Crippen MR) is 161 cm³/mol. The van der Waals surface area contributed by atoms with E-state index in [0.717, 1.165) is 72.4 Å². The van der Waals surface area contributed by atoms with Gasteiger partial charge < -0.3 is 19.5 Å². The number of anilines is 1. The van der Waals surface area contributed by atoms with Gasteiger partial charge in [0.1, 0.15) is 23.6 Å². The molecule has 41 heavy (non-hydrogen) atoms. The third-order valence-corrected chi connectivity index (χ3v) is 7.23. The number of aromatic amines is 1. The van der Waals surface area contributed by atoms with Crippen molar-refractivity contribution in [2.24, 2.45) is 0 Å². The first-order valence-electron chi connectivity index (χ1n) is 14.4. The molecular weight excluding hydrogens is 516 g/mol. The van der Waals surface area contributed by atoms with Gasteiger partial charge in [-0.15, -0.1) is 0 Å². The molecule has 4 aromatic rings. The number of piperazine rings is 1. The van der Waals surface area contributed by atoms with Crippen LogP contribution in [-0.4, -0.2) is 85.7 Å². The van der Waals surface area contributed by atoms with Crippen molar-refractivity contribution in [3.63, 3.8) is 0 Å². The number of aromatic nitrogens is 5. The minimum atomic E-state index is -0.476. The Morgan fingerprint density at radius 3 is 2.51 bits per heavy atom. The number of hydrogen-bond acceptors (Lipinski definition) is 8. The molecule has 1 fully saturated rings. The molecule has 5 rings (SSSR count). The summed E-state index contributed by atoms with van der Waals surface area (Å²) in [6.07, 6.45) is 3.88. The van der Waals surface area contributed by atoms with Crippen LogP contribution in [0.1, 0.15) is 51.7 Å². The largest absolute Gasteiger partial charge is 0.444 e. The number of fused-ring (bicyclic) bond motifs is 1. The Kier molecular flexibility index (Phi) is 8.49. The van der Waals surface area contributed by atoms with Crippen LogP contribution in [0, 0.1) is 0 Å². The van der Waals surface area contributed by atoms with Gasteiger partial charge in [-0.1, -0.05) is 6.07 Å². The molecule has 0 unspecified atom stereocenters. The summed E-state index contributed by atoms with van der Waals surface area (Å²) in [6, 6.07) is 12.4. The second-order valence-corrected chi connectivity index (χ2v) is 11.4. The van der Waals surface area contributed by atoms with Crippen molar-refractivity contribution in [1.29, 1.82) is 0 Å². The Labute approximate surface area is 241 Å². The van der Waals surface area contributed by atoms with Crippen LogP contribution in [0.15, 0.2) is 48.9 Å². The van der Waals surface area contributed by atoms with E-state index in [0.29, 0.717) is 19.5 Å². The van der Waals surface area contributed by atoms with Gasteiger partial charge in [0.05, 0.1) is 16.7 Å². The second-order valence-electron chi connectivity index (χ2n) is 11.4. The van der Waals surface area contributed by atoms with Crippen LogP contribution in [0.25, 0.3) is 22.3 Å². The second kappa shape index (κ2) is 12.2. The first-order valence-corrected chi connectivity index (χ1v) is 14.4. The summed E-state index contributed by atoms with van der Waals surface area (Å²) >= 11 is 0. The van der Waals surface area contributed by atoms with Crippen molar-refractivity contribution < 1.29 is 9.53 Å². The number of amides is 1. The van der Waals surface area contributed by atoms with Crippen molar-refractivity contribution in [2.75, 3.05) is 44.2 Å². The number of nitrogens with zero attached hydrogens (tertiary/aromatic N) is 7.